The van der Waals surface area contributed by atoms with Gasteiger partial charge in [-0.3, -0.25) is 8.98 Å². The minimum Gasteiger partial charge on any atom is -0.480 e. The van der Waals surface area contributed by atoms with Crippen LogP contribution in [0, 0.1) is 25.7 Å². The Bertz CT molecular complexity index is 1970. The van der Waals surface area contributed by atoms with Gasteiger partial charge in [-0.05, 0) is 67.8 Å². The van der Waals surface area contributed by atoms with Crippen LogP contribution in [0.5, 0.6) is 0 Å². The van der Waals surface area contributed by atoms with E-state index in [-0.39, 0.29) is 29.2 Å². The third kappa shape index (κ3) is 10.4. The molecule has 0 spiro atoms. The number of carboxylic acid groups (broad SMARTS) is 1. The van der Waals surface area contributed by atoms with Crippen LogP contribution < -0.4 is 10.0 Å². The lowest BCUT2D eigenvalue weighted by atomic mass is 10.0. The molecule has 4 rings (SSSR count). The Hall–Kier alpha value is -4.80. The molecule has 0 saturated carbocycles. The average Bonchev–Trinajstić information content (AvgIpc) is 3.04. The highest BCUT2D eigenvalue weighted by atomic mass is 32.2. The van der Waals surface area contributed by atoms with Gasteiger partial charge in [0.1, 0.15) is 18.7 Å². The van der Waals surface area contributed by atoms with E-state index < -0.39 is 44.1 Å². The Kier molecular flexibility index (Phi) is 11.7. The molecule has 0 aliphatic carbocycles. The van der Waals surface area contributed by atoms with Crippen LogP contribution in [0.4, 0.5) is 0 Å². The first kappa shape index (κ1) is 35.1. The summed E-state index contributed by atoms with van der Waals surface area (Å²) in [6.45, 7) is 3.30. The van der Waals surface area contributed by atoms with Crippen LogP contribution in [-0.4, -0.2) is 52.5 Å². The van der Waals surface area contributed by atoms with Gasteiger partial charge < -0.3 is 10.4 Å². The van der Waals surface area contributed by atoms with Gasteiger partial charge in [-0.15, -0.1) is 0 Å². The van der Waals surface area contributed by atoms with Crippen molar-refractivity contribution in [1.29, 1.82) is 0 Å². The first-order valence-electron chi connectivity index (χ1n) is 14.5. The number of aliphatic carboxylic acids is 1. The second-order valence-corrected chi connectivity index (χ2v) is 14.1. The van der Waals surface area contributed by atoms with Crippen molar-refractivity contribution in [1.82, 2.24) is 10.0 Å². The number of benzene rings is 4. The number of aryl methyl sites for hydroxylation is 2. The molecule has 0 heterocycles. The molecule has 2 atom stereocenters. The molecule has 3 N–H and O–H groups in total. The van der Waals surface area contributed by atoms with Gasteiger partial charge in [0.05, 0.1) is 9.79 Å². The molecule has 0 aliphatic heterocycles. The van der Waals surface area contributed by atoms with Gasteiger partial charge in [-0.25, -0.2) is 13.2 Å². The summed E-state index contributed by atoms with van der Waals surface area (Å²) in [6.07, 6.45) is -0.0943. The monoisotopic (exact) mass is 674 g/mol. The summed E-state index contributed by atoms with van der Waals surface area (Å²) in [6, 6.07) is 25.1. The Morgan fingerprint density at radius 2 is 1.26 bits per heavy atom. The molecule has 0 bridgehead atoms. The Morgan fingerprint density at radius 3 is 1.83 bits per heavy atom. The maximum Gasteiger partial charge on any atom is 0.326 e. The molecule has 0 aromatic heterocycles. The molecule has 0 saturated heterocycles. The van der Waals surface area contributed by atoms with Crippen LogP contribution in [-0.2, 0) is 46.8 Å². The summed E-state index contributed by atoms with van der Waals surface area (Å²) in [5.74, 6) is 3.36. The molecule has 0 radical (unpaired) electrons. The maximum atomic E-state index is 13.4. The summed E-state index contributed by atoms with van der Waals surface area (Å²) in [5.41, 5.74) is 3.57. The molecule has 10 nitrogen and oxygen atoms in total. The predicted octanol–water partition coefficient (Wildman–Crippen LogP) is 3.76. The second-order valence-electron chi connectivity index (χ2n) is 10.8. The number of rotatable bonds is 13. The highest BCUT2D eigenvalue weighted by molar-refractivity contribution is 7.89. The summed E-state index contributed by atoms with van der Waals surface area (Å²) in [4.78, 5) is 25.6. The largest absolute Gasteiger partial charge is 0.480 e. The van der Waals surface area contributed by atoms with Crippen LogP contribution in [0.1, 0.15) is 27.8 Å². The van der Waals surface area contributed by atoms with Crippen LogP contribution >= 0.6 is 0 Å². The molecule has 47 heavy (non-hydrogen) atoms. The average molecular weight is 675 g/mol. The number of sulfonamides is 1. The molecule has 0 aliphatic rings. The van der Waals surface area contributed by atoms with E-state index in [1.807, 2.05) is 13.8 Å². The van der Waals surface area contributed by atoms with E-state index in [1.165, 1.54) is 24.3 Å². The van der Waals surface area contributed by atoms with Gasteiger partial charge in [0, 0.05) is 12.0 Å². The van der Waals surface area contributed by atoms with Crippen LogP contribution in [0.25, 0.3) is 0 Å². The first-order chi connectivity index (χ1) is 22.3. The minimum absolute atomic E-state index is 0.00644. The van der Waals surface area contributed by atoms with Gasteiger partial charge in [0.2, 0.25) is 15.9 Å². The molecule has 12 heteroatoms. The fourth-order valence-electron chi connectivity index (χ4n) is 4.46. The standard InChI is InChI=1S/C35H34N2O8S2/c1-25-10-18-30(19-11-25)46(41,42)37-32(23-28-7-4-3-5-8-28)34(38)36-33(35(39)40)24-29-16-14-27(15-17-29)9-6-22-45-47(43,44)31-20-12-26(2)13-21-31/h3-5,7-8,10-21,32-33,37H,22-24H2,1-2H3,(H,36,38)(H,39,40). The first-order valence-corrected chi connectivity index (χ1v) is 17.4. The lowest BCUT2D eigenvalue weighted by molar-refractivity contribution is -0.142. The molecule has 1 amide bonds. The van der Waals surface area contributed by atoms with E-state index in [9.17, 15) is 31.5 Å². The van der Waals surface area contributed by atoms with Crippen molar-refractivity contribution >= 4 is 32.0 Å². The smallest absolute Gasteiger partial charge is 0.326 e. The zero-order valence-corrected chi connectivity index (χ0v) is 27.3. The number of hydrogen-bond donors (Lipinski definition) is 3. The third-order valence-corrected chi connectivity index (χ3v) is 9.83. The number of hydrogen-bond acceptors (Lipinski definition) is 7. The Balaban J connectivity index is 1.42. The summed E-state index contributed by atoms with van der Waals surface area (Å²) in [7, 11) is -8.06. The second kappa shape index (κ2) is 15.7. The van der Waals surface area contributed by atoms with Crippen LogP contribution in [0.3, 0.4) is 0 Å². The fraction of sp³-hybridized carbons (Fsp3) is 0.200. The highest BCUT2D eigenvalue weighted by Gasteiger charge is 2.30. The number of carbonyl (C=O) groups excluding carboxylic acids is 1. The van der Waals surface area contributed by atoms with Crippen LogP contribution in [0.15, 0.2) is 113 Å². The fourth-order valence-corrected chi connectivity index (χ4v) is 6.48. The number of nitrogens with one attached hydrogen (secondary N) is 2. The van der Waals surface area contributed by atoms with Crippen molar-refractivity contribution in [3.05, 3.63) is 131 Å². The Labute approximate surface area is 275 Å². The van der Waals surface area contributed by atoms with E-state index >= 15 is 0 Å². The zero-order valence-electron chi connectivity index (χ0n) is 25.7. The van der Waals surface area contributed by atoms with Crippen molar-refractivity contribution in [2.45, 2.75) is 48.6 Å². The number of carboxylic acids is 1. The topological polar surface area (TPSA) is 156 Å². The summed E-state index contributed by atoms with van der Waals surface area (Å²) >= 11 is 0. The minimum atomic E-state index is -4.11. The van der Waals surface area contributed by atoms with E-state index in [4.69, 9.17) is 4.18 Å². The van der Waals surface area contributed by atoms with Crippen molar-refractivity contribution in [3.63, 3.8) is 0 Å². The normalized spacial score (nSPS) is 12.7. The SMILES string of the molecule is Cc1ccc(S(=O)(=O)NC(Cc2ccccc2)C(=O)NC(Cc2ccc(C#CCOS(=O)(=O)c3ccc(C)cc3)cc2)C(=O)O)cc1. The lowest BCUT2D eigenvalue weighted by Gasteiger charge is -2.22. The van der Waals surface area contributed by atoms with Gasteiger partial charge in [-0.1, -0.05) is 89.7 Å². The van der Waals surface area contributed by atoms with E-state index in [0.717, 1.165) is 11.1 Å². The van der Waals surface area contributed by atoms with Gasteiger partial charge in [-0.2, -0.15) is 13.1 Å². The molecule has 244 valence electrons. The van der Waals surface area contributed by atoms with E-state index in [2.05, 4.69) is 21.9 Å². The predicted molar refractivity (Wildman–Crippen MR) is 176 cm³/mol. The third-order valence-electron chi connectivity index (χ3n) is 7.06. The van der Waals surface area contributed by atoms with Crippen molar-refractivity contribution < 1.29 is 35.7 Å². The van der Waals surface area contributed by atoms with Gasteiger partial charge in [0.25, 0.3) is 10.1 Å². The van der Waals surface area contributed by atoms with Crippen LogP contribution in [0.2, 0.25) is 0 Å². The van der Waals surface area contributed by atoms with Gasteiger partial charge >= 0.3 is 5.97 Å². The summed E-state index contributed by atoms with van der Waals surface area (Å²) < 4.78 is 58.4. The molecule has 4 aromatic rings. The van der Waals surface area contributed by atoms with E-state index in [1.54, 1.807) is 78.9 Å². The maximum absolute atomic E-state index is 13.4. The van der Waals surface area contributed by atoms with E-state index in [0.29, 0.717) is 16.7 Å². The lowest BCUT2D eigenvalue weighted by Crippen LogP contribution is -2.53. The van der Waals surface area contributed by atoms with Crippen molar-refractivity contribution in [2.24, 2.45) is 0 Å². The number of carbonyl (C=O) groups is 2. The van der Waals surface area contributed by atoms with Crippen molar-refractivity contribution in [2.75, 3.05) is 6.61 Å². The van der Waals surface area contributed by atoms with Crippen molar-refractivity contribution in [3.8, 4) is 11.8 Å². The highest BCUT2D eigenvalue weighted by Crippen LogP contribution is 2.15. The zero-order chi connectivity index (χ0) is 34.0. The quantitative estimate of drug-likeness (QED) is 0.143. The summed E-state index contributed by atoms with van der Waals surface area (Å²) in [5, 5.41) is 12.4. The molecule has 4 aromatic carbocycles. The Morgan fingerprint density at radius 1 is 0.723 bits per heavy atom. The molecular formula is C35H34N2O8S2. The van der Waals surface area contributed by atoms with Gasteiger partial charge in [0.15, 0.2) is 0 Å². The molecule has 2 unspecified atom stereocenters. The molecular weight excluding hydrogens is 641 g/mol. The molecule has 0 fully saturated rings. The number of amides is 1.